The van der Waals surface area contributed by atoms with Crippen molar-refractivity contribution in [3.63, 3.8) is 0 Å². The Kier molecular flexibility index (Phi) is 9.63. The average Bonchev–Trinajstić information content (AvgIpc) is 2.81. The Hall–Kier alpha value is -3.43. The monoisotopic (exact) mass is 561 g/mol. The fourth-order valence-corrected chi connectivity index (χ4v) is 3.70. The van der Waals surface area contributed by atoms with Crippen LogP contribution in [0.15, 0.2) is 70.2 Å². The number of amides is 2. The molecule has 0 spiro atoms. The number of carbonyl (C=O) groups is 2. The topological polar surface area (TPSA) is 89.0 Å². The van der Waals surface area contributed by atoms with Crippen molar-refractivity contribution in [2.75, 3.05) is 11.9 Å². The number of nitrogens with zero attached hydrogens (tertiary/aromatic N) is 1. The molecule has 0 saturated heterocycles. The van der Waals surface area contributed by atoms with E-state index in [1.807, 2.05) is 25.1 Å². The Balaban J connectivity index is 1.60. The van der Waals surface area contributed by atoms with Crippen molar-refractivity contribution in [1.29, 1.82) is 0 Å². The molecule has 182 valence electrons. The number of halogens is 3. The van der Waals surface area contributed by atoms with E-state index >= 15 is 0 Å². The average molecular weight is 563 g/mol. The molecule has 2 amide bonds. The molecular formula is C25H22BrClFN3O4. The van der Waals surface area contributed by atoms with Gasteiger partial charge >= 0.3 is 0 Å². The molecular weight excluding hydrogens is 541 g/mol. The van der Waals surface area contributed by atoms with Gasteiger partial charge in [0.05, 0.1) is 17.3 Å². The minimum atomic E-state index is -0.607. The summed E-state index contributed by atoms with van der Waals surface area (Å²) in [5.41, 5.74) is 4.15. The van der Waals surface area contributed by atoms with E-state index in [9.17, 15) is 14.0 Å². The highest BCUT2D eigenvalue weighted by atomic mass is 79.9. The van der Waals surface area contributed by atoms with Crippen LogP contribution in [-0.2, 0) is 16.2 Å². The predicted octanol–water partition coefficient (Wildman–Crippen LogP) is 5.70. The van der Waals surface area contributed by atoms with Crippen LogP contribution in [0.25, 0.3) is 0 Å². The fraction of sp³-hybridized carbons (Fsp3) is 0.160. The van der Waals surface area contributed by atoms with Crippen molar-refractivity contribution in [1.82, 2.24) is 5.43 Å². The van der Waals surface area contributed by atoms with Crippen molar-refractivity contribution in [2.24, 2.45) is 5.10 Å². The summed E-state index contributed by atoms with van der Waals surface area (Å²) in [4.78, 5) is 24.0. The van der Waals surface area contributed by atoms with E-state index in [0.29, 0.717) is 38.9 Å². The van der Waals surface area contributed by atoms with Crippen molar-refractivity contribution in [3.8, 4) is 11.5 Å². The maximum Gasteiger partial charge on any atom is 0.249 e. The summed E-state index contributed by atoms with van der Waals surface area (Å²) in [6.45, 7) is 2.51. The van der Waals surface area contributed by atoms with Crippen LogP contribution in [0, 0.1) is 5.82 Å². The fourth-order valence-electron chi connectivity index (χ4n) is 2.93. The van der Waals surface area contributed by atoms with Crippen LogP contribution in [0.4, 0.5) is 10.1 Å². The number of ether oxygens (including phenoxy) is 2. The lowest BCUT2D eigenvalue weighted by Gasteiger charge is -2.15. The SMILES string of the molecule is CCOc1cc(C=NNC(=O)CC(=O)Nc2ccc(F)cc2)cc(Br)c1OCc1ccccc1Cl. The van der Waals surface area contributed by atoms with E-state index in [1.54, 1.807) is 18.2 Å². The second-order valence-corrected chi connectivity index (χ2v) is 8.43. The number of nitrogens with one attached hydrogen (secondary N) is 2. The molecule has 35 heavy (non-hydrogen) atoms. The van der Waals surface area contributed by atoms with Gasteiger partial charge in [-0.05, 0) is 70.9 Å². The lowest BCUT2D eigenvalue weighted by Crippen LogP contribution is -2.24. The van der Waals surface area contributed by atoms with Crippen LogP contribution in [0.5, 0.6) is 11.5 Å². The van der Waals surface area contributed by atoms with Gasteiger partial charge in [-0.15, -0.1) is 0 Å². The summed E-state index contributed by atoms with van der Waals surface area (Å²) in [5.74, 6) is -0.587. The molecule has 0 heterocycles. The van der Waals surface area contributed by atoms with Gasteiger partial charge in [0, 0.05) is 16.3 Å². The van der Waals surface area contributed by atoms with Gasteiger partial charge in [-0.3, -0.25) is 9.59 Å². The molecule has 0 aliphatic heterocycles. The Morgan fingerprint density at radius 1 is 1.09 bits per heavy atom. The molecule has 3 aromatic rings. The van der Waals surface area contributed by atoms with Gasteiger partial charge < -0.3 is 14.8 Å². The predicted molar refractivity (Wildman–Crippen MR) is 136 cm³/mol. The van der Waals surface area contributed by atoms with Crippen LogP contribution in [0.1, 0.15) is 24.5 Å². The van der Waals surface area contributed by atoms with E-state index < -0.39 is 24.1 Å². The summed E-state index contributed by atoms with van der Waals surface area (Å²) in [6, 6.07) is 16.1. The van der Waals surface area contributed by atoms with Gasteiger partial charge in [0.1, 0.15) is 18.8 Å². The van der Waals surface area contributed by atoms with Crippen molar-refractivity contribution >= 4 is 51.2 Å². The first kappa shape index (κ1) is 26.2. The first-order chi connectivity index (χ1) is 16.9. The summed E-state index contributed by atoms with van der Waals surface area (Å²) >= 11 is 9.69. The van der Waals surface area contributed by atoms with E-state index in [4.69, 9.17) is 21.1 Å². The van der Waals surface area contributed by atoms with Crippen LogP contribution < -0.4 is 20.2 Å². The highest BCUT2D eigenvalue weighted by Crippen LogP contribution is 2.37. The third kappa shape index (κ3) is 8.08. The second-order valence-electron chi connectivity index (χ2n) is 7.17. The quantitative estimate of drug-likeness (QED) is 0.189. The van der Waals surface area contributed by atoms with Gasteiger partial charge in [0.25, 0.3) is 0 Å². The van der Waals surface area contributed by atoms with E-state index in [1.165, 1.54) is 30.5 Å². The van der Waals surface area contributed by atoms with Crippen LogP contribution in [0.2, 0.25) is 5.02 Å². The molecule has 0 aromatic heterocycles. The Morgan fingerprint density at radius 3 is 2.54 bits per heavy atom. The zero-order valence-corrected chi connectivity index (χ0v) is 21.0. The molecule has 10 heteroatoms. The molecule has 3 rings (SSSR count). The van der Waals surface area contributed by atoms with E-state index in [0.717, 1.165) is 5.56 Å². The highest BCUT2D eigenvalue weighted by molar-refractivity contribution is 9.10. The van der Waals surface area contributed by atoms with Gasteiger partial charge in [0.15, 0.2) is 11.5 Å². The molecule has 3 aromatic carbocycles. The minimum absolute atomic E-state index is 0.252. The molecule has 0 atom stereocenters. The first-order valence-corrected chi connectivity index (χ1v) is 11.7. The molecule has 0 bridgehead atoms. The van der Waals surface area contributed by atoms with Crippen molar-refractivity contribution in [2.45, 2.75) is 20.0 Å². The molecule has 0 aliphatic carbocycles. The largest absolute Gasteiger partial charge is 0.490 e. The molecule has 2 N–H and O–H groups in total. The number of hydrazone groups is 1. The second kappa shape index (κ2) is 12.9. The Morgan fingerprint density at radius 2 is 1.83 bits per heavy atom. The number of rotatable bonds is 10. The smallest absolute Gasteiger partial charge is 0.249 e. The molecule has 0 saturated carbocycles. The zero-order chi connectivity index (χ0) is 25.2. The minimum Gasteiger partial charge on any atom is -0.490 e. The maximum atomic E-state index is 12.9. The maximum absolute atomic E-state index is 12.9. The third-order valence-corrected chi connectivity index (χ3v) is 5.47. The lowest BCUT2D eigenvalue weighted by molar-refractivity contribution is -0.126. The molecule has 0 unspecified atom stereocenters. The number of benzene rings is 3. The van der Waals surface area contributed by atoms with Crippen LogP contribution in [-0.4, -0.2) is 24.6 Å². The van der Waals surface area contributed by atoms with Gasteiger partial charge in [-0.25, -0.2) is 9.82 Å². The van der Waals surface area contributed by atoms with E-state index in [-0.39, 0.29) is 6.61 Å². The molecule has 0 fully saturated rings. The standard InChI is InChI=1S/C25H22BrClFN3O4/c1-2-34-22-12-16(11-20(26)25(22)35-15-17-5-3-4-6-21(17)27)14-29-31-24(33)13-23(32)30-19-9-7-18(28)8-10-19/h3-12,14H,2,13,15H2,1H3,(H,30,32)(H,31,33). The molecule has 0 aliphatic rings. The van der Waals surface area contributed by atoms with Crippen LogP contribution >= 0.6 is 27.5 Å². The summed E-state index contributed by atoms with van der Waals surface area (Å²) in [7, 11) is 0. The number of hydrogen-bond donors (Lipinski definition) is 2. The van der Waals surface area contributed by atoms with Gasteiger partial charge in [-0.1, -0.05) is 29.8 Å². The van der Waals surface area contributed by atoms with Crippen molar-refractivity contribution < 1.29 is 23.5 Å². The summed E-state index contributed by atoms with van der Waals surface area (Å²) < 4.78 is 25.2. The van der Waals surface area contributed by atoms with Gasteiger partial charge in [0.2, 0.25) is 11.8 Å². The Labute approximate surface area is 215 Å². The summed E-state index contributed by atoms with van der Waals surface area (Å²) in [6.07, 6.45) is 0.971. The highest BCUT2D eigenvalue weighted by Gasteiger charge is 2.13. The number of carbonyl (C=O) groups excluding carboxylic acids is 2. The third-order valence-electron chi connectivity index (χ3n) is 4.51. The molecule has 0 radical (unpaired) electrons. The number of anilines is 1. The molecule has 7 nitrogen and oxygen atoms in total. The Bertz CT molecular complexity index is 1220. The van der Waals surface area contributed by atoms with Gasteiger partial charge in [-0.2, -0.15) is 5.10 Å². The lowest BCUT2D eigenvalue weighted by atomic mass is 10.2. The number of hydrogen-bond acceptors (Lipinski definition) is 5. The normalized spacial score (nSPS) is 10.7. The van der Waals surface area contributed by atoms with E-state index in [2.05, 4.69) is 31.8 Å². The first-order valence-electron chi connectivity index (χ1n) is 10.6. The van der Waals surface area contributed by atoms with Crippen molar-refractivity contribution in [3.05, 3.63) is 87.1 Å². The van der Waals surface area contributed by atoms with Crippen LogP contribution in [0.3, 0.4) is 0 Å². The summed E-state index contributed by atoms with van der Waals surface area (Å²) in [5, 5.41) is 7.01. The zero-order valence-electron chi connectivity index (χ0n) is 18.7.